The number of nitrogens with one attached hydrogen (secondary N) is 1. The van der Waals surface area contributed by atoms with Crippen LogP contribution < -0.4 is 11.1 Å². The minimum absolute atomic E-state index is 0.0111. The highest BCUT2D eigenvalue weighted by atomic mass is 16.2. The van der Waals surface area contributed by atoms with Crippen LogP contribution in [0.4, 0.5) is 0 Å². The fourth-order valence-electron chi connectivity index (χ4n) is 2.40. The molecule has 0 aromatic rings. The van der Waals surface area contributed by atoms with E-state index in [1.165, 1.54) is 0 Å². The van der Waals surface area contributed by atoms with Gasteiger partial charge in [-0.05, 0) is 27.3 Å². The summed E-state index contributed by atoms with van der Waals surface area (Å²) in [7, 11) is 2.15. The quantitative estimate of drug-likeness (QED) is 0.726. The van der Waals surface area contributed by atoms with E-state index >= 15 is 0 Å². The molecule has 1 heterocycles. The van der Waals surface area contributed by atoms with Gasteiger partial charge in [-0.2, -0.15) is 0 Å². The largest absolute Gasteiger partial charge is 0.353 e. The second-order valence-electron chi connectivity index (χ2n) is 6.22. The Hall–Kier alpha value is -0.650. The maximum absolute atomic E-state index is 11.9. The highest BCUT2D eigenvalue weighted by Gasteiger charge is 2.29. The minimum atomic E-state index is -0.367. The van der Waals surface area contributed by atoms with E-state index in [9.17, 15) is 4.79 Å². The minimum Gasteiger partial charge on any atom is -0.353 e. The summed E-state index contributed by atoms with van der Waals surface area (Å²) >= 11 is 0. The molecule has 1 aliphatic heterocycles. The number of hydrogen-bond acceptors (Lipinski definition) is 4. The van der Waals surface area contributed by atoms with Crippen LogP contribution in [0.2, 0.25) is 0 Å². The van der Waals surface area contributed by atoms with Crippen LogP contribution in [0.3, 0.4) is 0 Å². The molecule has 0 unspecified atom stereocenters. The molecule has 0 bridgehead atoms. The molecule has 1 saturated heterocycles. The average Bonchev–Trinajstić information content (AvgIpc) is 2.37. The molecule has 0 aromatic carbocycles. The topological polar surface area (TPSA) is 61.6 Å². The Morgan fingerprint density at radius 2 is 1.89 bits per heavy atom. The molecular weight excluding hydrogens is 240 g/mol. The van der Waals surface area contributed by atoms with Crippen molar-refractivity contribution in [2.24, 2.45) is 5.73 Å². The standard InChI is InChI=1S/C14H30N4O/c1-5-6-12(15)13(19)16-11-14(2,3)18-9-7-17(4)8-10-18/h12H,5-11,15H2,1-4H3,(H,16,19)/t12-/m1/s1. The molecule has 112 valence electrons. The molecule has 5 nitrogen and oxygen atoms in total. The number of hydrogen-bond donors (Lipinski definition) is 2. The summed E-state index contributed by atoms with van der Waals surface area (Å²) in [6.07, 6.45) is 1.69. The summed E-state index contributed by atoms with van der Waals surface area (Å²) in [5.41, 5.74) is 5.81. The fourth-order valence-corrected chi connectivity index (χ4v) is 2.40. The normalized spacial score (nSPS) is 20.3. The second-order valence-corrected chi connectivity index (χ2v) is 6.22. The lowest BCUT2D eigenvalue weighted by atomic mass is 10.0. The van der Waals surface area contributed by atoms with Crippen LogP contribution in [0.25, 0.3) is 0 Å². The molecule has 3 N–H and O–H groups in total. The fraction of sp³-hybridized carbons (Fsp3) is 0.929. The number of nitrogens with zero attached hydrogens (tertiary/aromatic N) is 2. The van der Waals surface area contributed by atoms with Crippen molar-refractivity contribution in [1.82, 2.24) is 15.1 Å². The Balaban J connectivity index is 2.39. The second kappa shape index (κ2) is 7.22. The zero-order chi connectivity index (χ0) is 14.5. The van der Waals surface area contributed by atoms with Gasteiger partial charge in [0, 0.05) is 38.3 Å². The number of piperazine rings is 1. The van der Waals surface area contributed by atoms with Gasteiger partial charge < -0.3 is 16.0 Å². The lowest BCUT2D eigenvalue weighted by molar-refractivity contribution is -0.123. The Bertz CT molecular complexity index is 285. The van der Waals surface area contributed by atoms with Gasteiger partial charge in [-0.3, -0.25) is 9.69 Å². The molecule has 0 aromatic heterocycles. The van der Waals surface area contributed by atoms with Crippen molar-refractivity contribution in [3.8, 4) is 0 Å². The first-order chi connectivity index (χ1) is 8.86. The van der Waals surface area contributed by atoms with Crippen LogP contribution in [-0.4, -0.2) is 67.1 Å². The average molecular weight is 270 g/mol. The molecule has 1 rings (SSSR count). The Kier molecular flexibility index (Phi) is 6.23. The number of nitrogens with two attached hydrogens (primary N) is 1. The van der Waals surface area contributed by atoms with E-state index in [-0.39, 0.29) is 17.5 Å². The number of carbonyl (C=O) groups excluding carboxylic acids is 1. The molecule has 0 spiro atoms. The third-order valence-corrected chi connectivity index (χ3v) is 3.99. The highest BCUT2D eigenvalue weighted by Crippen LogP contribution is 2.15. The van der Waals surface area contributed by atoms with E-state index in [2.05, 4.69) is 36.0 Å². The van der Waals surface area contributed by atoms with Crippen molar-refractivity contribution in [1.29, 1.82) is 0 Å². The molecule has 0 aliphatic carbocycles. The van der Waals surface area contributed by atoms with Gasteiger partial charge in [0.15, 0.2) is 0 Å². The molecule has 1 fully saturated rings. The van der Waals surface area contributed by atoms with Crippen molar-refractivity contribution in [2.45, 2.75) is 45.2 Å². The summed E-state index contributed by atoms with van der Waals surface area (Å²) in [6.45, 7) is 11.4. The van der Waals surface area contributed by atoms with Crippen LogP contribution >= 0.6 is 0 Å². The van der Waals surface area contributed by atoms with Crippen molar-refractivity contribution in [2.75, 3.05) is 39.8 Å². The Labute approximate surface area is 117 Å². The van der Waals surface area contributed by atoms with Gasteiger partial charge in [-0.15, -0.1) is 0 Å². The summed E-state index contributed by atoms with van der Waals surface area (Å²) in [4.78, 5) is 16.6. The third-order valence-electron chi connectivity index (χ3n) is 3.99. The van der Waals surface area contributed by atoms with Crippen molar-refractivity contribution < 1.29 is 4.79 Å². The van der Waals surface area contributed by atoms with Crippen molar-refractivity contribution in [3.63, 3.8) is 0 Å². The molecular formula is C14H30N4O. The molecule has 0 radical (unpaired) electrons. The molecule has 1 atom stereocenters. The van der Waals surface area contributed by atoms with E-state index < -0.39 is 0 Å². The Morgan fingerprint density at radius 3 is 2.42 bits per heavy atom. The summed E-state index contributed by atoms with van der Waals surface area (Å²) in [5, 5.41) is 3.00. The number of likely N-dealkylation sites (N-methyl/N-ethyl adjacent to an activating group) is 1. The first kappa shape index (κ1) is 16.4. The predicted molar refractivity (Wildman–Crippen MR) is 79.0 cm³/mol. The SMILES string of the molecule is CCC[C@@H](N)C(=O)NCC(C)(C)N1CCN(C)CC1. The summed E-state index contributed by atoms with van der Waals surface area (Å²) < 4.78 is 0. The lowest BCUT2D eigenvalue weighted by Crippen LogP contribution is -2.58. The number of rotatable bonds is 6. The van der Waals surface area contributed by atoms with Gasteiger partial charge in [0.2, 0.25) is 5.91 Å². The lowest BCUT2D eigenvalue weighted by Gasteiger charge is -2.43. The predicted octanol–water partition coefficient (Wildman–Crippen LogP) is 0.256. The van der Waals surface area contributed by atoms with E-state index in [0.29, 0.717) is 6.54 Å². The molecule has 1 aliphatic rings. The summed E-state index contributed by atoms with van der Waals surface area (Å²) in [5.74, 6) is -0.0240. The third kappa shape index (κ3) is 5.09. The van der Waals surface area contributed by atoms with Crippen LogP contribution in [0.5, 0.6) is 0 Å². The molecule has 5 heteroatoms. The van der Waals surface area contributed by atoms with Gasteiger partial charge in [0.05, 0.1) is 6.04 Å². The van der Waals surface area contributed by atoms with Gasteiger partial charge in [0.25, 0.3) is 0 Å². The maximum Gasteiger partial charge on any atom is 0.236 e. The van der Waals surface area contributed by atoms with E-state index in [1.807, 2.05) is 6.92 Å². The Morgan fingerprint density at radius 1 is 1.32 bits per heavy atom. The monoisotopic (exact) mass is 270 g/mol. The van der Waals surface area contributed by atoms with E-state index in [4.69, 9.17) is 5.73 Å². The zero-order valence-corrected chi connectivity index (χ0v) is 12.9. The van der Waals surface area contributed by atoms with Gasteiger partial charge in [0.1, 0.15) is 0 Å². The van der Waals surface area contributed by atoms with Gasteiger partial charge >= 0.3 is 0 Å². The van der Waals surface area contributed by atoms with Crippen LogP contribution in [0.15, 0.2) is 0 Å². The van der Waals surface area contributed by atoms with Crippen LogP contribution in [-0.2, 0) is 4.79 Å². The van der Waals surface area contributed by atoms with Crippen molar-refractivity contribution >= 4 is 5.91 Å². The van der Waals surface area contributed by atoms with Crippen LogP contribution in [0, 0.1) is 0 Å². The molecule has 1 amide bonds. The van der Waals surface area contributed by atoms with Crippen LogP contribution in [0.1, 0.15) is 33.6 Å². The van der Waals surface area contributed by atoms with Gasteiger partial charge in [-0.25, -0.2) is 0 Å². The van der Waals surface area contributed by atoms with E-state index in [0.717, 1.165) is 39.0 Å². The van der Waals surface area contributed by atoms with E-state index in [1.54, 1.807) is 0 Å². The first-order valence-electron chi connectivity index (χ1n) is 7.33. The molecule has 19 heavy (non-hydrogen) atoms. The summed E-state index contributed by atoms with van der Waals surface area (Å²) in [6, 6.07) is -0.367. The smallest absolute Gasteiger partial charge is 0.236 e. The number of carbonyl (C=O) groups is 1. The zero-order valence-electron chi connectivity index (χ0n) is 12.9. The van der Waals surface area contributed by atoms with Gasteiger partial charge in [-0.1, -0.05) is 13.3 Å². The number of amides is 1. The van der Waals surface area contributed by atoms with Crippen molar-refractivity contribution in [3.05, 3.63) is 0 Å². The molecule has 0 saturated carbocycles. The first-order valence-corrected chi connectivity index (χ1v) is 7.33. The highest BCUT2D eigenvalue weighted by molar-refractivity contribution is 5.81. The maximum atomic E-state index is 11.9.